The van der Waals surface area contributed by atoms with Gasteiger partial charge in [0.15, 0.2) is 5.69 Å². The zero-order chi connectivity index (χ0) is 10.8. The molecule has 1 heterocycles. The van der Waals surface area contributed by atoms with E-state index in [1.165, 1.54) is 23.3 Å². The van der Waals surface area contributed by atoms with Gasteiger partial charge in [0.05, 0.1) is 17.3 Å². The van der Waals surface area contributed by atoms with E-state index < -0.39 is 4.92 Å². The summed E-state index contributed by atoms with van der Waals surface area (Å²) in [5.74, 6) is 0. The Balaban J connectivity index is 2.63. The number of aromatic nitrogens is 3. The Morgan fingerprint density at radius 2 is 2.00 bits per heavy atom. The molecular weight excluding hydrogens is 311 g/mol. The van der Waals surface area contributed by atoms with Crippen LogP contribution in [0.1, 0.15) is 0 Å². The first kappa shape index (κ1) is 10.0. The number of hydrogen-bond acceptors (Lipinski definition) is 4. The molecule has 2 aromatic rings. The minimum Gasteiger partial charge on any atom is -0.258 e. The van der Waals surface area contributed by atoms with Gasteiger partial charge in [-0.3, -0.25) is 10.1 Å². The Hall–Kier alpha value is -1.51. The summed E-state index contributed by atoms with van der Waals surface area (Å²) < 4.78 is 0.894. The molecule has 0 aliphatic carbocycles. The molecule has 1 aromatic carbocycles. The van der Waals surface area contributed by atoms with Gasteiger partial charge < -0.3 is 0 Å². The number of halogens is 1. The van der Waals surface area contributed by atoms with Gasteiger partial charge in [0.1, 0.15) is 0 Å². The third kappa shape index (κ3) is 1.96. The van der Waals surface area contributed by atoms with E-state index in [9.17, 15) is 10.1 Å². The lowest BCUT2D eigenvalue weighted by Gasteiger charge is -2.01. The smallest absolute Gasteiger partial charge is 0.258 e. The fourth-order valence-corrected chi connectivity index (χ4v) is 1.63. The molecule has 0 bridgehead atoms. The summed E-state index contributed by atoms with van der Waals surface area (Å²) in [5, 5.41) is 18.5. The topological polar surface area (TPSA) is 73.8 Å². The quantitative estimate of drug-likeness (QED) is 0.481. The number of hydrogen-bond donors (Lipinski definition) is 0. The predicted molar refractivity (Wildman–Crippen MR) is 60.7 cm³/mol. The summed E-state index contributed by atoms with van der Waals surface area (Å²) in [6.07, 6.45) is 2.95. The lowest BCUT2D eigenvalue weighted by molar-refractivity contribution is -0.384. The van der Waals surface area contributed by atoms with Crippen LogP contribution in [0.25, 0.3) is 5.69 Å². The van der Waals surface area contributed by atoms with Crippen molar-refractivity contribution in [1.29, 1.82) is 0 Å². The highest BCUT2D eigenvalue weighted by atomic mass is 127. The molecule has 0 spiro atoms. The van der Waals surface area contributed by atoms with Crippen molar-refractivity contribution in [3.8, 4) is 5.69 Å². The molecule has 76 valence electrons. The van der Waals surface area contributed by atoms with Crippen molar-refractivity contribution in [2.75, 3.05) is 0 Å². The average Bonchev–Trinajstić information content (AvgIpc) is 2.69. The van der Waals surface area contributed by atoms with Crippen LogP contribution in [-0.4, -0.2) is 19.9 Å². The van der Waals surface area contributed by atoms with Gasteiger partial charge in [-0.05, 0) is 34.7 Å². The summed E-state index contributed by atoms with van der Waals surface area (Å²) in [4.78, 5) is 11.5. The molecule has 15 heavy (non-hydrogen) atoms. The van der Waals surface area contributed by atoms with E-state index in [0.717, 1.165) is 3.57 Å². The van der Waals surface area contributed by atoms with Gasteiger partial charge in [0.25, 0.3) is 5.69 Å². The molecule has 0 unspecified atom stereocenters. The van der Waals surface area contributed by atoms with E-state index in [2.05, 4.69) is 32.8 Å². The van der Waals surface area contributed by atoms with Crippen LogP contribution in [-0.2, 0) is 0 Å². The van der Waals surface area contributed by atoms with E-state index in [-0.39, 0.29) is 5.69 Å². The first-order valence-corrected chi connectivity index (χ1v) is 5.07. The summed E-state index contributed by atoms with van der Waals surface area (Å²) in [6.45, 7) is 0. The first-order valence-electron chi connectivity index (χ1n) is 3.99. The van der Waals surface area contributed by atoms with Gasteiger partial charge in [-0.1, -0.05) is 0 Å². The highest BCUT2D eigenvalue weighted by Crippen LogP contribution is 2.23. The van der Waals surface area contributed by atoms with E-state index in [1.54, 1.807) is 12.1 Å². The lowest BCUT2D eigenvalue weighted by Crippen LogP contribution is -2.03. The Labute approximate surface area is 98.2 Å². The molecule has 0 N–H and O–H groups in total. The van der Waals surface area contributed by atoms with Gasteiger partial charge in [0, 0.05) is 9.64 Å². The normalized spacial score (nSPS) is 10.2. The molecule has 2 rings (SSSR count). The van der Waals surface area contributed by atoms with Crippen molar-refractivity contribution in [3.63, 3.8) is 0 Å². The molecule has 0 atom stereocenters. The fraction of sp³-hybridized carbons (Fsp3) is 0. The molecule has 6 nitrogen and oxygen atoms in total. The number of rotatable bonds is 2. The maximum absolute atomic E-state index is 10.8. The second-order valence-corrected chi connectivity index (χ2v) is 3.95. The second-order valence-electron chi connectivity index (χ2n) is 2.71. The largest absolute Gasteiger partial charge is 0.296 e. The van der Waals surface area contributed by atoms with Crippen LogP contribution >= 0.6 is 22.6 Å². The average molecular weight is 316 g/mol. The molecule has 0 saturated heterocycles. The first-order chi connectivity index (χ1) is 7.18. The van der Waals surface area contributed by atoms with Crippen molar-refractivity contribution in [1.82, 2.24) is 15.0 Å². The minimum absolute atomic E-state index is 0.00776. The van der Waals surface area contributed by atoms with Gasteiger partial charge >= 0.3 is 0 Å². The molecule has 0 fully saturated rings. The standard InChI is InChI=1S/C8H5IN4O2/c9-6-1-2-7(13(14)15)8(5-6)12-10-3-4-11-12/h1-5H. The summed E-state index contributed by atoms with van der Waals surface area (Å²) in [6, 6.07) is 4.78. The summed E-state index contributed by atoms with van der Waals surface area (Å²) in [7, 11) is 0. The zero-order valence-corrected chi connectivity index (χ0v) is 9.53. The fourth-order valence-electron chi connectivity index (χ4n) is 1.15. The molecule has 0 aliphatic heterocycles. The molecule has 7 heteroatoms. The van der Waals surface area contributed by atoms with E-state index in [1.807, 2.05) is 0 Å². The number of nitro groups is 1. The van der Waals surface area contributed by atoms with Crippen molar-refractivity contribution < 1.29 is 4.92 Å². The number of nitro benzene ring substituents is 1. The monoisotopic (exact) mass is 316 g/mol. The van der Waals surface area contributed by atoms with E-state index >= 15 is 0 Å². The minimum atomic E-state index is -0.450. The Morgan fingerprint density at radius 1 is 1.33 bits per heavy atom. The van der Waals surface area contributed by atoms with Gasteiger partial charge in [-0.2, -0.15) is 10.2 Å². The maximum Gasteiger partial charge on any atom is 0.296 e. The van der Waals surface area contributed by atoms with Crippen LogP contribution in [0.5, 0.6) is 0 Å². The van der Waals surface area contributed by atoms with Crippen molar-refractivity contribution >= 4 is 28.3 Å². The van der Waals surface area contributed by atoms with E-state index in [4.69, 9.17) is 0 Å². The molecular formula is C8H5IN4O2. The SMILES string of the molecule is O=[N+]([O-])c1ccc(I)cc1-n1nccn1. The van der Waals surface area contributed by atoms with Crippen molar-refractivity contribution in [2.24, 2.45) is 0 Å². The van der Waals surface area contributed by atoms with Crippen LogP contribution in [0.4, 0.5) is 5.69 Å². The third-order valence-electron chi connectivity index (χ3n) is 1.77. The molecule has 0 saturated carbocycles. The molecule has 0 aliphatic rings. The lowest BCUT2D eigenvalue weighted by atomic mass is 10.3. The van der Waals surface area contributed by atoms with Crippen molar-refractivity contribution in [2.45, 2.75) is 0 Å². The van der Waals surface area contributed by atoms with Crippen LogP contribution in [0.3, 0.4) is 0 Å². The van der Waals surface area contributed by atoms with Crippen LogP contribution < -0.4 is 0 Å². The Kier molecular flexibility index (Phi) is 2.62. The summed E-state index contributed by atoms with van der Waals surface area (Å²) in [5.41, 5.74) is 0.364. The number of nitrogens with zero attached hydrogens (tertiary/aromatic N) is 4. The molecule has 1 aromatic heterocycles. The van der Waals surface area contributed by atoms with Crippen LogP contribution in [0.15, 0.2) is 30.6 Å². The maximum atomic E-state index is 10.8. The number of benzene rings is 1. The van der Waals surface area contributed by atoms with Crippen LogP contribution in [0, 0.1) is 13.7 Å². The van der Waals surface area contributed by atoms with Gasteiger partial charge in [-0.15, -0.1) is 4.80 Å². The Morgan fingerprint density at radius 3 is 2.60 bits per heavy atom. The highest BCUT2D eigenvalue weighted by molar-refractivity contribution is 14.1. The van der Waals surface area contributed by atoms with Gasteiger partial charge in [-0.25, -0.2) is 0 Å². The predicted octanol–water partition coefficient (Wildman–Crippen LogP) is 1.78. The molecule has 0 radical (unpaired) electrons. The molecule has 0 amide bonds. The zero-order valence-electron chi connectivity index (χ0n) is 7.37. The van der Waals surface area contributed by atoms with E-state index in [0.29, 0.717) is 5.69 Å². The summed E-state index contributed by atoms with van der Waals surface area (Å²) >= 11 is 2.08. The van der Waals surface area contributed by atoms with Gasteiger partial charge in [0.2, 0.25) is 0 Å². The van der Waals surface area contributed by atoms with Crippen molar-refractivity contribution in [3.05, 3.63) is 44.3 Å². The second kappa shape index (κ2) is 3.93. The van der Waals surface area contributed by atoms with Crippen LogP contribution in [0.2, 0.25) is 0 Å². The third-order valence-corrected chi connectivity index (χ3v) is 2.44. The highest BCUT2D eigenvalue weighted by Gasteiger charge is 2.16. The Bertz CT molecular complexity index is 497.